The number of phenols is 1. The molecule has 108 valence electrons. The van der Waals surface area contributed by atoms with E-state index in [-0.39, 0.29) is 23.1 Å². The highest BCUT2D eigenvalue weighted by molar-refractivity contribution is 6.30. The Morgan fingerprint density at radius 3 is 2.25 bits per heavy atom. The van der Waals surface area contributed by atoms with Crippen LogP contribution < -0.4 is 0 Å². The van der Waals surface area contributed by atoms with Crippen molar-refractivity contribution in [2.45, 2.75) is 12.3 Å². The number of aromatic hydroxyl groups is 1. The van der Waals surface area contributed by atoms with Crippen LogP contribution >= 0.6 is 11.6 Å². The van der Waals surface area contributed by atoms with Crippen LogP contribution in [-0.2, 0) is 4.79 Å². The molecule has 0 spiro atoms. The summed E-state index contributed by atoms with van der Waals surface area (Å²) < 4.78 is 0. The molecule has 1 aromatic rings. The van der Waals surface area contributed by atoms with Gasteiger partial charge in [0.25, 0.3) is 5.91 Å². The van der Waals surface area contributed by atoms with Crippen molar-refractivity contribution in [3.05, 3.63) is 29.8 Å². The average molecular weight is 297 g/mol. The Kier molecular flexibility index (Phi) is 4.49. The van der Waals surface area contributed by atoms with Crippen molar-refractivity contribution in [2.75, 3.05) is 26.2 Å². The minimum absolute atomic E-state index is 0.0228. The number of hydrogen-bond acceptors (Lipinski definition) is 3. The van der Waals surface area contributed by atoms with Crippen molar-refractivity contribution < 1.29 is 14.7 Å². The smallest absolute Gasteiger partial charge is 0.257 e. The van der Waals surface area contributed by atoms with Gasteiger partial charge in [0.15, 0.2) is 0 Å². The van der Waals surface area contributed by atoms with Gasteiger partial charge in [0.2, 0.25) is 5.91 Å². The molecule has 1 fully saturated rings. The second-order valence-electron chi connectivity index (χ2n) is 4.75. The molecule has 1 heterocycles. The molecule has 1 N–H and O–H groups in total. The molecule has 0 radical (unpaired) electrons. The normalized spacial score (nSPS) is 16.9. The number of amides is 2. The number of rotatable bonds is 2. The van der Waals surface area contributed by atoms with Gasteiger partial charge >= 0.3 is 0 Å². The Bertz CT molecular complexity index is 511. The predicted molar refractivity (Wildman–Crippen MR) is 75.9 cm³/mol. The van der Waals surface area contributed by atoms with Gasteiger partial charge in [-0.3, -0.25) is 9.59 Å². The third-order valence-electron chi connectivity index (χ3n) is 3.35. The van der Waals surface area contributed by atoms with E-state index in [1.54, 1.807) is 34.9 Å². The van der Waals surface area contributed by atoms with E-state index in [2.05, 4.69) is 0 Å². The van der Waals surface area contributed by atoms with Crippen LogP contribution in [0.15, 0.2) is 24.3 Å². The standard InChI is InChI=1S/C14H17ClN2O3/c1-10(15)13(19)16-6-8-17(9-7-16)14(20)11-4-2-3-5-12(11)18/h2-5,10,18H,6-9H2,1H3. The van der Waals surface area contributed by atoms with Gasteiger partial charge in [-0.25, -0.2) is 0 Å². The number of para-hydroxylation sites is 1. The fourth-order valence-electron chi connectivity index (χ4n) is 2.21. The lowest BCUT2D eigenvalue weighted by Gasteiger charge is -2.35. The van der Waals surface area contributed by atoms with Gasteiger partial charge in [0, 0.05) is 26.2 Å². The first kappa shape index (κ1) is 14.7. The van der Waals surface area contributed by atoms with Crippen molar-refractivity contribution >= 4 is 23.4 Å². The van der Waals surface area contributed by atoms with Gasteiger partial charge in [0.05, 0.1) is 5.56 Å². The van der Waals surface area contributed by atoms with E-state index >= 15 is 0 Å². The number of hydrogen-bond donors (Lipinski definition) is 1. The summed E-state index contributed by atoms with van der Waals surface area (Å²) in [7, 11) is 0. The molecule has 0 saturated carbocycles. The summed E-state index contributed by atoms with van der Waals surface area (Å²) >= 11 is 5.77. The maximum atomic E-state index is 12.3. The predicted octanol–water partition coefficient (Wildman–Crippen LogP) is 1.30. The van der Waals surface area contributed by atoms with Crippen LogP contribution in [0.1, 0.15) is 17.3 Å². The van der Waals surface area contributed by atoms with Gasteiger partial charge in [-0.05, 0) is 19.1 Å². The molecule has 1 aromatic carbocycles. The topological polar surface area (TPSA) is 60.9 Å². The molecule has 1 aliphatic heterocycles. The summed E-state index contributed by atoms with van der Waals surface area (Å²) in [6, 6.07) is 6.46. The van der Waals surface area contributed by atoms with E-state index in [0.29, 0.717) is 26.2 Å². The van der Waals surface area contributed by atoms with Gasteiger partial charge in [-0.15, -0.1) is 11.6 Å². The lowest BCUT2D eigenvalue weighted by molar-refractivity contribution is -0.131. The maximum Gasteiger partial charge on any atom is 0.257 e. The number of phenolic OH excluding ortho intramolecular Hbond substituents is 1. The van der Waals surface area contributed by atoms with Gasteiger partial charge in [0.1, 0.15) is 11.1 Å². The van der Waals surface area contributed by atoms with Gasteiger partial charge in [-0.2, -0.15) is 0 Å². The molecule has 0 aromatic heterocycles. The molecule has 1 saturated heterocycles. The molecule has 1 atom stereocenters. The molecule has 6 heteroatoms. The summed E-state index contributed by atoms with van der Waals surface area (Å²) in [5.74, 6) is -0.346. The van der Waals surface area contributed by atoms with Crippen LogP contribution in [0, 0.1) is 0 Å². The molecule has 0 bridgehead atoms. The van der Waals surface area contributed by atoms with Crippen molar-refractivity contribution in [3.63, 3.8) is 0 Å². The number of nitrogens with zero attached hydrogens (tertiary/aromatic N) is 2. The number of carbonyl (C=O) groups is 2. The molecule has 20 heavy (non-hydrogen) atoms. The van der Waals surface area contributed by atoms with Crippen LogP contribution in [0.2, 0.25) is 0 Å². The van der Waals surface area contributed by atoms with E-state index < -0.39 is 5.38 Å². The third kappa shape index (κ3) is 3.04. The first-order chi connectivity index (χ1) is 9.50. The monoisotopic (exact) mass is 296 g/mol. The van der Waals surface area contributed by atoms with E-state index in [1.807, 2.05) is 0 Å². The lowest BCUT2D eigenvalue weighted by Crippen LogP contribution is -2.52. The number of carbonyl (C=O) groups excluding carboxylic acids is 2. The first-order valence-electron chi connectivity index (χ1n) is 6.51. The summed E-state index contributed by atoms with van der Waals surface area (Å²) in [4.78, 5) is 27.3. The Hall–Kier alpha value is -1.75. The number of alkyl halides is 1. The van der Waals surface area contributed by atoms with Gasteiger partial charge in [-0.1, -0.05) is 12.1 Å². The minimum atomic E-state index is -0.546. The number of benzene rings is 1. The van der Waals surface area contributed by atoms with E-state index in [9.17, 15) is 14.7 Å². The summed E-state index contributed by atoms with van der Waals surface area (Å²) in [5, 5.41) is 9.15. The van der Waals surface area contributed by atoms with E-state index in [1.165, 1.54) is 6.07 Å². The van der Waals surface area contributed by atoms with Crippen molar-refractivity contribution in [3.8, 4) is 5.75 Å². The fourth-order valence-corrected chi connectivity index (χ4v) is 2.34. The fraction of sp³-hybridized carbons (Fsp3) is 0.429. The van der Waals surface area contributed by atoms with Crippen LogP contribution in [-0.4, -0.2) is 58.3 Å². The Morgan fingerprint density at radius 1 is 1.15 bits per heavy atom. The van der Waals surface area contributed by atoms with Crippen LogP contribution in [0.5, 0.6) is 5.75 Å². The van der Waals surface area contributed by atoms with Gasteiger partial charge < -0.3 is 14.9 Å². The number of halogens is 1. The van der Waals surface area contributed by atoms with Crippen molar-refractivity contribution in [1.29, 1.82) is 0 Å². The molecular formula is C14H17ClN2O3. The quantitative estimate of drug-likeness (QED) is 0.837. The highest BCUT2D eigenvalue weighted by Gasteiger charge is 2.27. The lowest BCUT2D eigenvalue weighted by atomic mass is 10.1. The zero-order valence-corrected chi connectivity index (χ0v) is 12.0. The maximum absolute atomic E-state index is 12.3. The molecule has 0 aliphatic carbocycles. The second-order valence-corrected chi connectivity index (χ2v) is 5.41. The van der Waals surface area contributed by atoms with Crippen molar-refractivity contribution in [2.24, 2.45) is 0 Å². The molecule has 1 unspecified atom stereocenters. The molecule has 2 rings (SSSR count). The van der Waals surface area contributed by atoms with Crippen LogP contribution in [0.4, 0.5) is 0 Å². The summed E-state index contributed by atoms with van der Waals surface area (Å²) in [6.45, 7) is 3.47. The Balaban J connectivity index is 1.99. The second kappa shape index (κ2) is 6.13. The van der Waals surface area contributed by atoms with E-state index in [0.717, 1.165) is 0 Å². The molecule has 2 amide bonds. The van der Waals surface area contributed by atoms with Crippen molar-refractivity contribution in [1.82, 2.24) is 9.80 Å². The Labute approximate surface area is 122 Å². The minimum Gasteiger partial charge on any atom is -0.507 e. The molecule has 5 nitrogen and oxygen atoms in total. The van der Waals surface area contributed by atoms with Crippen LogP contribution in [0.3, 0.4) is 0 Å². The highest BCUT2D eigenvalue weighted by atomic mass is 35.5. The Morgan fingerprint density at radius 2 is 1.70 bits per heavy atom. The highest BCUT2D eigenvalue weighted by Crippen LogP contribution is 2.19. The average Bonchev–Trinajstić information content (AvgIpc) is 2.46. The summed E-state index contributed by atoms with van der Waals surface area (Å²) in [5.41, 5.74) is 0.290. The SMILES string of the molecule is CC(Cl)C(=O)N1CCN(C(=O)c2ccccc2O)CC1. The largest absolute Gasteiger partial charge is 0.507 e. The zero-order valence-electron chi connectivity index (χ0n) is 11.3. The summed E-state index contributed by atoms with van der Waals surface area (Å²) in [6.07, 6.45) is 0. The van der Waals surface area contributed by atoms with Crippen LogP contribution in [0.25, 0.3) is 0 Å². The van der Waals surface area contributed by atoms with E-state index in [4.69, 9.17) is 11.6 Å². The molecular weight excluding hydrogens is 280 g/mol. The number of piperazine rings is 1. The molecule has 1 aliphatic rings. The zero-order chi connectivity index (χ0) is 14.7. The first-order valence-corrected chi connectivity index (χ1v) is 6.94. The third-order valence-corrected chi connectivity index (χ3v) is 3.54.